The van der Waals surface area contributed by atoms with Gasteiger partial charge in [-0.05, 0) is 37.5 Å². The van der Waals surface area contributed by atoms with Crippen LogP contribution in [0.5, 0.6) is 5.75 Å². The Balaban J connectivity index is 1.63. The van der Waals surface area contributed by atoms with E-state index in [1.165, 1.54) is 4.90 Å². The van der Waals surface area contributed by atoms with Gasteiger partial charge in [-0.15, -0.1) is 10.2 Å². The molecule has 4 rings (SSSR count). The van der Waals surface area contributed by atoms with Gasteiger partial charge in [-0.2, -0.15) is 0 Å². The van der Waals surface area contributed by atoms with Gasteiger partial charge in [-0.3, -0.25) is 9.59 Å². The molecule has 3 heterocycles. The SMILES string of the molecule is Cc1nnc2n1[C@@H](CC(C)C)CN(C(=O)c1ccc3c(c1)N(C)C(=O)CO3)C2. The number of benzene rings is 1. The van der Waals surface area contributed by atoms with Crippen LogP contribution in [0.4, 0.5) is 5.69 Å². The average molecular weight is 383 g/mol. The summed E-state index contributed by atoms with van der Waals surface area (Å²) in [4.78, 5) is 28.5. The van der Waals surface area contributed by atoms with Crippen molar-refractivity contribution in [3.63, 3.8) is 0 Å². The van der Waals surface area contributed by atoms with Crippen LogP contribution in [0.15, 0.2) is 18.2 Å². The number of amides is 2. The topological polar surface area (TPSA) is 80.6 Å². The smallest absolute Gasteiger partial charge is 0.264 e. The minimum absolute atomic E-state index is 0.0226. The standard InChI is InChI=1S/C20H25N5O3/c1-12(2)7-15-9-24(10-18-22-21-13(3)25(15)18)20(27)14-5-6-17-16(8-14)23(4)19(26)11-28-17/h5-6,8,12,15H,7,9-11H2,1-4H3/t15-/m0/s1. The van der Waals surface area contributed by atoms with Gasteiger partial charge < -0.3 is 19.1 Å². The van der Waals surface area contributed by atoms with E-state index >= 15 is 0 Å². The number of carbonyl (C=O) groups excluding carboxylic acids is 2. The van der Waals surface area contributed by atoms with Gasteiger partial charge in [0.15, 0.2) is 12.4 Å². The first-order valence-corrected chi connectivity index (χ1v) is 9.58. The van der Waals surface area contributed by atoms with Crippen molar-refractivity contribution in [3.05, 3.63) is 35.4 Å². The highest BCUT2D eigenvalue weighted by molar-refractivity contribution is 6.01. The van der Waals surface area contributed by atoms with Crippen LogP contribution in [-0.2, 0) is 11.3 Å². The normalized spacial score (nSPS) is 18.8. The molecule has 2 aliphatic heterocycles. The van der Waals surface area contributed by atoms with Crippen molar-refractivity contribution in [2.75, 3.05) is 25.1 Å². The van der Waals surface area contributed by atoms with E-state index < -0.39 is 0 Å². The second-order valence-corrected chi connectivity index (χ2v) is 7.93. The number of aryl methyl sites for hydroxylation is 1. The van der Waals surface area contributed by atoms with E-state index in [2.05, 4.69) is 28.6 Å². The summed E-state index contributed by atoms with van der Waals surface area (Å²) in [5.74, 6) is 2.61. The molecule has 1 aromatic carbocycles. The van der Waals surface area contributed by atoms with Crippen LogP contribution in [-0.4, -0.2) is 51.7 Å². The fourth-order valence-electron chi connectivity index (χ4n) is 4.03. The number of aromatic nitrogens is 3. The number of ether oxygens (including phenoxy) is 1. The fourth-order valence-corrected chi connectivity index (χ4v) is 4.03. The largest absolute Gasteiger partial charge is 0.482 e. The van der Waals surface area contributed by atoms with Crippen LogP contribution in [0, 0.1) is 12.8 Å². The molecule has 2 aliphatic rings. The lowest BCUT2D eigenvalue weighted by molar-refractivity contribution is -0.120. The molecule has 0 fully saturated rings. The molecule has 0 spiro atoms. The number of carbonyl (C=O) groups is 2. The van der Waals surface area contributed by atoms with Gasteiger partial charge in [-0.1, -0.05) is 13.8 Å². The third-order valence-corrected chi connectivity index (χ3v) is 5.39. The monoisotopic (exact) mass is 383 g/mol. The molecule has 1 atom stereocenters. The summed E-state index contributed by atoms with van der Waals surface area (Å²) in [5, 5.41) is 8.49. The Morgan fingerprint density at radius 2 is 2.11 bits per heavy atom. The van der Waals surface area contributed by atoms with E-state index in [-0.39, 0.29) is 24.5 Å². The Kier molecular flexibility index (Phi) is 4.56. The van der Waals surface area contributed by atoms with Crippen LogP contribution in [0.1, 0.15) is 48.3 Å². The third kappa shape index (κ3) is 3.12. The molecule has 0 N–H and O–H groups in total. The van der Waals surface area contributed by atoms with E-state index in [1.807, 2.05) is 11.8 Å². The zero-order valence-electron chi connectivity index (χ0n) is 16.7. The van der Waals surface area contributed by atoms with E-state index in [9.17, 15) is 9.59 Å². The number of hydrogen-bond donors (Lipinski definition) is 0. The molecule has 2 amide bonds. The Hall–Kier alpha value is -2.90. The van der Waals surface area contributed by atoms with Crippen LogP contribution in [0.3, 0.4) is 0 Å². The zero-order chi connectivity index (χ0) is 20.0. The highest BCUT2D eigenvalue weighted by atomic mass is 16.5. The molecule has 0 aliphatic carbocycles. The second kappa shape index (κ2) is 6.92. The van der Waals surface area contributed by atoms with Gasteiger partial charge in [0.05, 0.1) is 18.3 Å². The first kappa shape index (κ1) is 18.5. The van der Waals surface area contributed by atoms with Crippen molar-refractivity contribution < 1.29 is 14.3 Å². The van der Waals surface area contributed by atoms with Gasteiger partial charge in [0.2, 0.25) is 0 Å². The van der Waals surface area contributed by atoms with Gasteiger partial charge in [0, 0.05) is 19.2 Å². The Bertz CT molecular complexity index is 936. The fraction of sp³-hybridized carbons (Fsp3) is 0.500. The molecule has 0 unspecified atom stereocenters. The highest BCUT2D eigenvalue weighted by Crippen LogP contribution is 2.33. The summed E-state index contributed by atoms with van der Waals surface area (Å²) in [6, 6.07) is 5.41. The third-order valence-electron chi connectivity index (χ3n) is 5.39. The van der Waals surface area contributed by atoms with E-state index in [1.54, 1.807) is 25.2 Å². The summed E-state index contributed by atoms with van der Waals surface area (Å²) >= 11 is 0. The first-order chi connectivity index (χ1) is 13.3. The van der Waals surface area contributed by atoms with Gasteiger partial charge in [-0.25, -0.2) is 0 Å². The Morgan fingerprint density at radius 3 is 2.86 bits per heavy atom. The second-order valence-electron chi connectivity index (χ2n) is 7.93. The number of fused-ring (bicyclic) bond motifs is 2. The molecule has 148 valence electrons. The van der Waals surface area contributed by atoms with Crippen molar-refractivity contribution in [2.45, 2.75) is 39.8 Å². The molecular formula is C20H25N5O3. The predicted molar refractivity (Wildman–Crippen MR) is 103 cm³/mol. The van der Waals surface area contributed by atoms with Crippen LogP contribution >= 0.6 is 0 Å². The molecule has 8 heteroatoms. The number of hydrogen-bond acceptors (Lipinski definition) is 5. The zero-order valence-corrected chi connectivity index (χ0v) is 16.7. The predicted octanol–water partition coefficient (Wildman–Crippen LogP) is 2.18. The molecule has 1 aromatic heterocycles. The maximum absolute atomic E-state index is 13.2. The average Bonchev–Trinajstić information content (AvgIpc) is 3.04. The maximum Gasteiger partial charge on any atom is 0.264 e. The number of likely N-dealkylation sites (N-methyl/N-ethyl adjacent to an activating group) is 1. The quantitative estimate of drug-likeness (QED) is 0.812. The van der Waals surface area contributed by atoms with Crippen LogP contribution < -0.4 is 9.64 Å². The Labute approximate surface area is 164 Å². The lowest BCUT2D eigenvalue weighted by atomic mass is 10.0. The molecular weight excluding hydrogens is 358 g/mol. The minimum atomic E-state index is -0.129. The molecule has 0 saturated heterocycles. The molecule has 28 heavy (non-hydrogen) atoms. The summed E-state index contributed by atoms with van der Waals surface area (Å²) in [5.41, 5.74) is 1.16. The summed E-state index contributed by atoms with van der Waals surface area (Å²) < 4.78 is 7.62. The van der Waals surface area contributed by atoms with Crippen molar-refractivity contribution in [1.29, 1.82) is 0 Å². The molecule has 0 saturated carbocycles. The van der Waals surface area contributed by atoms with Crippen molar-refractivity contribution >= 4 is 17.5 Å². The first-order valence-electron chi connectivity index (χ1n) is 9.58. The minimum Gasteiger partial charge on any atom is -0.482 e. The highest BCUT2D eigenvalue weighted by Gasteiger charge is 2.32. The van der Waals surface area contributed by atoms with Crippen LogP contribution in [0.25, 0.3) is 0 Å². The number of nitrogens with zero attached hydrogens (tertiary/aromatic N) is 5. The van der Waals surface area contributed by atoms with E-state index in [0.717, 1.165) is 18.1 Å². The van der Waals surface area contributed by atoms with Crippen molar-refractivity contribution in [1.82, 2.24) is 19.7 Å². The summed E-state index contributed by atoms with van der Waals surface area (Å²) in [6.07, 6.45) is 0.949. The molecule has 8 nitrogen and oxygen atoms in total. The van der Waals surface area contributed by atoms with Gasteiger partial charge in [0.1, 0.15) is 11.6 Å². The van der Waals surface area contributed by atoms with Crippen molar-refractivity contribution in [2.24, 2.45) is 5.92 Å². The molecule has 2 aromatic rings. The lowest BCUT2D eigenvalue weighted by Gasteiger charge is -2.35. The van der Waals surface area contributed by atoms with E-state index in [0.29, 0.717) is 36.0 Å². The lowest BCUT2D eigenvalue weighted by Crippen LogP contribution is -2.42. The van der Waals surface area contributed by atoms with Crippen molar-refractivity contribution in [3.8, 4) is 5.75 Å². The van der Waals surface area contributed by atoms with E-state index in [4.69, 9.17) is 4.74 Å². The molecule has 0 bridgehead atoms. The van der Waals surface area contributed by atoms with Crippen LogP contribution in [0.2, 0.25) is 0 Å². The number of rotatable bonds is 3. The van der Waals surface area contributed by atoms with Gasteiger partial charge in [0.25, 0.3) is 11.8 Å². The van der Waals surface area contributed by atoms with Gasteiger partial charge >= 0.3 is 0 Å². The Morgan fingerprint density at radius 1 is 1.32 bits per heavy atom. The summed E-state index contributed by atoms with van der Waals surface area (Å²) in [7, 11) is 1.70. The summed E-state index contributed by atoms with van der Waals surface area (Å²) in [6.45, 7) is 7.38. The number of anilines is 1. The molecule has 0 radical (unpaired) electrons. The maximum atomic E-state index is 13.2.